The Kier molecular flexibility index (Phi) is 4.70. The first-order valence-corrected chi connectivity index (χ1v) is 7.33. The number of hydrogen-bond acceptors (Lipinski definition) is 2. The molecule has 2 rings (SSSR count). The van der Waals surface area contributed by atoms with Crippen LogP contribution in [0.1, 0.15) is 41.6 Å². The molecule has 0 saturated heterocycles. The zero-order valence-corrected chi connectivity index (χ0v) is 12.0. The molecule has 1 amide bonds. The molecule has 4 heteroatoms. The average Bonchev–Trinajstić information content (AvgIpc) is 2.34. The minimum atomic E-state index is -0.0731. The molecule has 0 bridgehead atoms. The maximum absolute atomic E-state index is 12.6. The van der Waals surface area contributed by atoms with Crippen LogP contribution in [0.15, 0.2) is 18.2 Å². The monoisotopic (exact) mass is 281 g/mol. The summed E-state index contributed by atoms with van der Waals surface area (Å²) in [5.41, 5.74) is 1.38. The van der Waals surface area contributed by atoms with E-state index in [1.54, 1.807) is 18.2 Å². The third kappa shape index (κ3) is 3.21. The van der Waals surface area contributed by atoms with E-state index in [0.29, 0.717) is 24.0 Å². The number of nitrogens with zero attached hydrogens (tertiary/aromatic N) is 1. The van der Waals surface area contributed by atoms with Crippen LogP contribution < -0.4 is 0 Å². The van der Waals surface area contributed by atoms with E-state index in [9.17, 15) is 9.90 Å². The number of hydrogen-bond donors (Lipinski definition) is 1. The second-order valence-electron chi connectivity index (χ2n) is 5.15. The Bertz CT molecular complexity index is 457. The molecule has 104 valence electrons. The fourth-order valence-corrected chi connectivity index (χ4v) is 2.47. The van der Waals surface area contributed by atoms with Crippen molar-refractivity contribution in [2.24, 2.45) is 0 Å². The van der Waals surface area contributed by atoms with Crippen molar-refractivity contribution in [3.05, 3.63) is 29.3 Å². The van der Waals surface area contributed by atoms with Crippen LogP contribution >= 0.6 is 11.6 Å². The second kappa shape index (κ2) is 6.29. The molecular weight excluding hydrogens is 262 g/mol. The molecule has 0 radical (unpaired) electrons. The first kappa shape index (κ1) is 14.2. The van der Waals surface area contributed by atoms with Gasteiger partial charge in [0.1, 0.15) is 5.75 Å². The number of rotatable bonds is 5. The molecule has 1 saturated carbocycles. The molecule has 0 aliphatic heterocycles. The van der Waals surface area contributed by atoms with Gasteiger partial charge in [0.2, 0.25) is 0 Å². The van der Waals surface area contributed by atoms with Crippen LogP contribution in [0.3, 0.4) is 0 Å². The van der Waals surface area contributed by atoms with Gasteiger partial charge in [0.15, 0.2) is 0 Å². The average molecular weight is 282 g/mol. The van der Waals surface area contributed by atoms with Gasteiger partial charge in [-0.3, -0.25) is 4.79 Å². The Morgan fingerprint density at radius 2 is 2.21 bits per heavy atom. The highest BCUT2D eigenvalue weighted by atomic mass is 35.5. The van der Waals surface area contributed by atoms with Gasteiger partial charge in [-0.1, -0.05) is 11.6 Å². The van der Waals surface area contributed by atoms with Crippen molar-refractivity contribution in [1.82, 2.24) is 4.90 Å². The predicted octanol–water partition coefficient (Wildman–Crippen LogP) is 3.32. The zero-order valence-electron chi connectivity index (χ0n) is 11.2. The number of halogens is 1. The van der Waals surface area contributed by atoms with Crippen molar-refractivity contribution in [1.29, 1.82) is 0 Å². The van der Waals surface area contributed by atoms with E-state index in [4.69, 9.17) is 11.6 Å². The first-order chi connectivity index (χ1) is 9.13. The van der Waals surface area contributed by atoms with E-state index in [0.717, 1.165) is 24.8 Å². The van der Waals surface area contributed by atoms with Crippen LogP contribution in [0.4, 0.5) is 0 Å². The van der Waals surface area contributed by atoms with Gasteiger partial charge in [0.05, 0.1) is 5.56 Å². The molecule has 0 atom stereocenters. The Hall–Kier alpha value is -1.22. The van der Waals surface area contributed by atoms with Crippen LogP contribution in [0.5, 0.6) is 5.75 Å². The standard InChI is InChI=1S/C15H20ClNO2/c1-11-6-7-14(18)13(10-11)15(19)17(9-3-8-16)12-4-2-5-12/h6-7,10,12,18H,2-5,8-9H2,1H3. The van der Waals surface area contributed by atoms with Crippen LogP contribution in [0, 0.1) is 6.92 Å². The van der Waals surface area contributed by atoms with Crippen molar-refractivity contribution in [2.45, 2.75) is 38.6 Å². The predicted molar refractivity (Wildman–Crippen MR) is 76.9 cm³/mol. The van der Waals surface area contributed by atoms with E-state index in [1.807, 2.05) is 11.8 Å². The second-order valence-corrected chi connectivity index (χ2v) is 5.52. The normalized spacial score (nSPS) is 15.1. The van der Waals surface area contributed by atoms with E-state index < -0.39 is 0 Å². The van der Waals surface area contributed by atoms with Gasteiger partial charge in [-0.05, 0) is 44.7 Å². The Morgan fingerprint density at radius 1 is 1.47 bits per heavy atom. The summed E-state index contributed by atoms with van der Waals surface area (Å²) in [5, 5.41) is 9.88. The van der Waals surface area contributed by atoms with Crippen LogP contribution in [0.25, 0.3) is 0 Å². The SMILES string of the molecule is Cc1ccc(O)c(C(=O)N(CCCCl)C2CCC2)c1. The maximum atomic E-state index is 12.6. The molecule has 1 aliphatic rings. The van der Waals surface area contributed by atoms with Gasteiger partial charge in [-0.2, -0.15) is 0 Å². The number of amides is 1. The topological polar surface area (TPSA) is 40.5 Å². The van der Waals surface area contributed by atoms with Crippen LogP contribution in [-0.4, -0.2) is 34.4 Å². The van der Waals surface area contributed by atoms with Gasteiger partial charge in [-0.25, -0.2) is 0 Å². The maximum Gasteiger partial charge on any atom is 0.257 e. The largest absolute Gasteiger partial charge is 0.507 e. The Morgan fingerprint density at radius 3 is 2.79 bits per heavy atom. The van der Waals surface area contributed by atoms with Crippen LogP contribution in [-0.2, 0) is 0 Å². The molecule has 3 nitrogen and oxygen atoms in total. The molecule has 0 unspecified atom stereocenters. The van der Waals surface area contributed by atoms with E-state index in [1.165, 1.54) is 6.42 Å². The highest BCUT2D eigenvalue weighted by molar-refractivity contribution is 6.17. The highest BCUT2D eigenvalue weighted by Gasteiger charge is 2.30. The van der Waals surface area contributed by atoms with Crippen molar-refractivity contribution in [3.63, 3.8) is 0 Å². The van der Waals surface area contributed by atoms with Crippen molar-refractivity contribution in [2.75, 3.05) is 12.4 Å². The first-order valence-electron chi connectivity index (χ1n) is 6.80. The van der Waals surface area contributed by atoms with Gasteiger partial charge in [0.25, 0.3) is 5.91 Å². The molecule has 0 heterocycles. The number of aromatic hydroxyl groups is 1. The fourth-order valence-electron chi connectivity index (χ4n) is 2.35. The molecule has 19 heavy (non-hydrogen) atoms. The lowest BCUT2D eigenvalue weighted by atomic mass is 9.90. The summed E-state index contributed by atoms with van der Waals surface area (Å²) in [6.07, 6.45) is 4.08. The number of alkyl halides is 1. The summed E-state index contributed by atoms with van der Waals surface area (Å²) in [4.78, 5) is 14.5. The molecule has 1 aromatic carbocycles. The van der Waals surface area contributed by atoms with Crippen LogP contribution in [0.2, 0.25) is 0 Å². The lowest BCUT2D eigenvalue weighted by Gasteiger charge is -2.37. The van der Waals surface area contributed by atoms with Gasteiger partial charge in [-0.15, -0.1) is 11.6 Å². The third-order valence-corrected chi connectivity index (χ3v) is 3.96. The molecular formula is C15H20ClNO2. The van der Waals surface area contributed by atoms with E-state index in [-0.39, 0.29) is 11.7 Å². The molecule has 1 aliphatic carbocycles. The number of phenolic OH excluding ortho intramolecular Hbond substituents is 1. The summed E-state index contributed by atoms with van der Waals surface area (Å²) in [7, 11) is 0. The minimum absolute atomic E-state index is 0.0609. The smallest absolute Gasteiger partial charge is 0.257 e. The summed E-state index contributed by atoms with van der Waals surface area (Å²) in [6, 6.07) is 5.46. The summed E-state index contributed by atoms with van der Waals surface area (Å²) in [6.45, 7) is 2.59. The fraction of sp³-hybridized carbons (Fsp3) is 0.533. The Labute approximate surface area is 119 Å². The summed E-state index contributed by atoms with van der Waals surface area (Å²) < 4.78 is 0. The summed E-state index contributed by atoms with van der Waals surface area (Å²) in [5.74, 6) is 0.540. The van der Waals surface area contributed by atoms with Crippen molar-refractivity contribution in [3.8, 4) is 5.75 Å². The van der Waals surface area contributed by atoms with Gasteiger partial charge >= 0.3 is 0 Å². The van der Waals surface area contributed by atoms with Crippen molar-refractivity contribution >= 4 is 17.5 Å². The number of aryl methyl sites for hydroxylation is 1. The number of phenols is 1. The zero-order chi connectivity index (χ0) is 13.8. The lowest BCUT2D eigenvalue weighted by Crippen LogP contribution is -2.44. The Balaban J connectivity index is 2.19. The number of benzene rings is 1. The van der Waals surface area contributed by atoms with Crippen molar-refractivity contribution < 1.29 is 9.90 Å². The number of carbonyl (C=O) groups excluding carboxylic acids is 1. The molecule has 1 N–H and O–H groups in total. The molecule has 1 fully saturated rings. The molecule has 0 spiro atoms. The quantitative estimate of drug-likeness (QED) is 0.841. The minimum Gasteiger partial charge on any atom is -0.507 e. The van der Waals surface area contributed by atoms with Gasteiger partial charge < -0.3 is 10.0 Å². The molecule has 0 aromatic heterocycles. The highest BCUT2D eigenvalue weighted by Crippen LogP contribution is 2.28. The van der Waals surface area contributed by atoms with E-state index >= 15 is 0 Å². The molecule has 1 aromatic rings. The lowest BCUT2D eigenvalue weighted by molar-refractivity contribution is 0.0577. The third-order valence-electron chi connectivity index (χ3n) is 3.69. The number of carbonyl (C=O) groups is 1. The summed E-state index contributed by atoms with van der Waals surface area (Å²) >= 11 is 5.73. The van der Waals surface area contributed by atoms with Gasteiger partial charge in [0, 0.05) is 18.5 Å². The van der Waals surface area contributed by atoms with E-state index in [2.05, 4.69) is 0 Å².